The number of fused-ring (bicyclic) bond motifs is 10. The van der Waals surface area contributed by atoms with Crippen LogP contribution in [-0.4, -0.2) is 19.5 Å². The highest BCUT2D eigenvalue weighted by Crippen LogP contribution is 2.50. The molecular weight excluding hydrogens is 693 g/mol. The Bertz CT molecular complexity index is 3240. The second kappa shape index (κ2) is 12.4. The van der Waals surface area contributed by atoms with E-state index >= 15 is 0 Å². The number of aromatic nitrogens is 4. The van der Waals surface area contributed by atoms with Crippen LogP contribution in [0.25, 0.3) is 94.0 Å². The summed E-state index contributed by atoms with van der Waals surface area (Å²) in [5.41, 5.74) is 9.45. The van der Waals surface area contributed by atoms with Crippen LogP contribution in [0.15, 0.2) is 158 Å². The van der Waals surface area contributed by atoms with Gasteiger partial charge < -0.3 is 4.57 Å². The van der Waals surface area contributed by atoms with E-state index in [1.165, 1.54) is 66.3 Å². The molecule has 11 rings (SSSR count). The predicted molar refractivity (Wildman–Crippen MR) is 238 cm³/mol. The number of nitrogens with zero attached hydrogens (tertiary/aromatic N) is 4. The van der Waals surface area contributed by atoms with Crippen LogP contribution < -0.4 is 0 Å². The summed E-state index contributed by atoms with van der Waals surface area (Å²) >= 11 is 0. The maximum Gasteiger partial charge on any atom is 0.164 e. The van der Waals surface area contributed by atoms with Crippen LogP contribution in [0, 0.1) is 0 Å². The Morgan fingerprint density at radius 1 is 0.421 bits per heavy atom. The standard InChI is InChI=1S/C53H42N4/c1-52(2)27-28-53(3,4)45-32-46-43(31-44(45)52)47-41-23-12-10-21-39(41)40-22-11-13-24-42(40)48(47)57(46)38-20-14-19-36(30-38)50-54-49(34-16-6-5-7-17-34)55-51(56-50)37-26-25-33-15-8-9-18-35(33)29-37/h5-26,29-32H,27-28H2,1-4H3. The molecule has 2 heterocycles. The molecule has 4 nitrogen and oxygen atoms in total. The summed E-state index contributed by atoms with van der Waals surface area (Å²) in [6.45, 7) is 9.69. The van der Waals surface area contributed by atoms with Gasteiger partial charge in [-0.1, -0.05) is 155 Å². The fourth-order valence-electron chi connectivity index (χ4n) is 9.47. The second-order valence-corrected chi connectivity index (χ2v) is 17.1. The van der Waals surface area contributed by atoms with Crippen LogP contribution in [0.4, 0.5) is 0 Å². The fraction of sp³-hybridized carbons (Fsp3) is 0.151. The third-order valence-electron chi connectivity index (χ3n) is 12.6. The smallest absolute Gasteiger partial charge is 0.164 e. The molecule has 0 bridgehead atoms. The first-order chi connectivity index (χ1) is 27.7. The minimum absolute atomic E-state index is 0.0597. The van der Waals surface area contributed by atoms with Crippen LogP contribution in [0.3, 0.4) is 0 Å². The first kappa shape index (κ1) is 33.7. The maximum absolute atomic E-state index is 5.21. The molecule has 0 N–H and O–H groups in total. The molecular formula is C53H42N4. The van der Waals surface area contributed by atoms with Crippen LogP contribution in [-0.2, 0) is 10.8 Å². The molecule has 0 fully saturated rings. The highest BCUT2D eigenvalue weighted by molar-refractivity contribution is 6.32. The van der Waals surface area contributed by atoms with E-state index < -0.39 is 0 Å². The van der Waals surface area contributed by atoms with Gasteiger partial charge in [0.2, 0.25) is 0 Å². The summed E-state index contributed by atoms with van der Waals surface area (Å²) < 4.78 is 2.52. The van der Waals surface area contributed by atoms with Crippen LogP contribution in [0.1, 0.15) is 51.7 Å². The van der Waals surface area contributed by atoms with Gasteiger partial charge in [0.15, 0.2) is 17.5 Å². The number of hydrogen-bond acceptors (Lipinski definition) is 3. The fourth-order valence-corrected chi connectivity index (χ4v) is 9.47. The zero-order valence-corrected chi connectivity index (χ0v) is 32.7. The summed E-state index contributed by atoms with van der Waals surface area (Å²) in [5.74, 6) is 1.95. The van der Waals surface area contributed by atoms with Crippen molar-refractivity contribution in [1.82, 2.24) is 19.5 Å². The van der Waals surface area contributed by atoms with Gasteiger partial charge in [0.1, 0.15) is 0 Å². The van der Waals surface area contributed by atoms with Gasteiger partial charge in [0.05, 0.1) is 11.0 Å². The molecule has 0 aliphatic heterocycles. The third-order valence-corrected chi connectivity index (χ3v) is 12.6. The SMILES string of the molecule is CC1(C)CCC(C)(C)c2cc3c(cc21)c1c2ccccc2c2ccccc2c1n3-c1cccc(-c2nc(-c3ccccc3)nc(-c3ccc4ccccc4c3)n2)c1. The molecule has 274 valence electrons. The Hall–Kier alpha value is -6.65. The zero-order valence-electron chi connectivity index (χ0n) is 32.7. The molecule has 57 heavy (non-hydrogen) atoms. The van der Waals surface area contributed by atoms with Gasteiger partial charge in [0.25, 0.3) is 0 Å². The van der Waals surface area contributed by atoms with Gasteiger partial charge in [0, 0.05) is 38.5 Å². The molecule has 0 spiro atoms. The lowest BCUT2D eigenvalue weighted by atomic mass is 9.63. The molecule has 0 atom stereocenters. The molecule has 0 amide bonds. The number of benzene rings is 8. The molecule has 0 saturated heterocycles. The highest BCUT2D eigenvalue weighted by Gasteiger charge is 2.38. The predicted octanol–water partition coefficient (Wildman–Crippen LogP) is 13.8. The van der Waals surface area contributed by atoms with Crippen molar-refractivity contribution in [1.29, 1.82) is 0 Å². The van der Waals surface area contributed by atoms with Crippen molar-refractivity contribution < 1.29 is 0 Å². The quantitative estimate of drug-likeness (QED) is 0.169. The summed E-state index contributed by atoms with van der Waals surface area (Å²) in [6, 6.07) is 56.8. The highest BCUT2D eigenvalue weighted by atomic mass is 15.0. The van der Waals surface area contributed by atoms with Crippen molar-refractivity contribution in [3.8, 4) is 39.9 Å². The first-order valence-corrected chi connectivity index (χ1v) is 20.1. The van der Waals surface area contributed by atoms with Gasteiger partial charge in [-0.25, -0.2) is 15.0 Å². The molecule has 8 aromatic carbocycles. The first-order valence-electron chi connectivity index (χ1n) is 20.1. The van der Waals surface area contributed by atoms with Gasteiger partial charge in [-0.2, -0.15) is 0 Å². The summed E-state index contributed by atoms with van der Waals surface area (Å²) in [4.78, 5) is 15.4. The van der Waals surface area contributed by atoms with E-state index in [1.807, 2.05) is 18.2 Å². The number of hydrogen-bond donors (Lipinski definition) is 0. The molecule has 1 aliphatic carbocycles. The van der Waals surface area contributed by atoms with E-state index in [0.29, 0.717) is 17.5 Å². The lowest BCUT2D eigenvalue weighted by molar-refractivity contribution is 0.332. The number of rotatable bonds is 4. The zero-order chi connectivity index (χ0) is 38.5. The van der Waals surface area contributed by atoms with Crippen LogP contribution in [0.5, 0.6) is 0 Å². The largest absolute Gasteiger partial charge is 0.309 e. The second-order valence-electron chi connectivity index (χ2n) is 17.1. The van der Waals surface area contributed by atoms with E-state index in [9.17, 15) is 0 Å². The lowest BCUT2D eigenvalue weighted by Gasteiger charge is -2.42. The van der Waals surface area contributed by atoms with Crippen LogP contribution >= 0.6 is 0 Å². The van der Waals surface area contributed by atoms with E-state index in [-0.39, 0.29) is 10.8 Å². The summed E-state index contributed by atoms with van der Waals surface area (Å²) in [7, 11) is 0. The summed E-state index contributed by atoms with van der Waals surface area (Å²) in [5, 5.41) is 10.0. The molecule has 0 saturated carbocycles. The topological polar surface area (TPSA) is 43.6 Å². The van der Waals surface area contributed by atoms with Gasteiger partial charge in [-0.3, -0.25) is 0 Å². The third kappa shape index (κ3) is 5.31. The van der Waals surface area contributed by atoms with Crippen molar-refractivity contribution in [2.24, 2.45) is 0 Å². The molecule has 4 heteroatoms. The Labute approximate surface area is 332 Å². The normalized spacial score (nSPS) is 14.8. The Morgan fingerprint density at radius 3 is 1.68 bits per heavy atom. The molecule has 1 aliphatic rings. The van der Waals surface area contributed by atoms with E-state index in [2.05, 4.69) is 172 Å². The van der Waals surface area contributed by atoms with E-state index in [1.54, 1.807) is 0 Å². The van der Waals surface area contributed by atoms with Gasteiger partial charge >= 0.3 is 0 Å². The molecule has 0 unspecified atom stereocenters. The summed E-state index contributed by atoms with van der Waals surface area (Å²) in [6.07, 6.45) is 2.32. The minimum atomic E-state index is 0.0597. The average Bonchev–Trinajstić information content (AvgIpc) is 3.60. The van der Waals surface area contributed by atoms with Crippen LogP contribution in [0.2, 0.25) is 0 Å². The van der Waals surface area contributed by atoms with E-state index in [0.717, 1.165) is 34.2 Å². The van der Waals surface area contributed by atoms with Crippen molar-refractivity contribution in [2.75, 3.05) is 0 Å². The van der Waals surface area contributed by atoms with E-state index in [4.69, 9.17) is 15.0 Å². The molecule has 10 aromatic rings. The Kier molecular flexibility index (Phi) is 7.34. The Morgan fingerprint density at radius 2 is 0.965 bits per heavy atom. The monoisotopic (exact) mass is 734 g/mol. The molecule has 2 aromatic heterocycles. The minimum Gasteiger partial charge on any atom is -0.309 e. The average molecular weight is 735 g/mol. The van der Waals surface area contributed by atoms with Crippen molar-refractivity contribution >= 4 is 54.1 Å². The van der Waals surface area contributed by atoms with Crippen molar-refractivity contribution in [3.63, 3.8) is 0 Å². The molecule has 0 radical (unpaired) electrons. The van der Waals surface area contributed by atoms with Crippen molar-refractivity contribution in [3.05, 3.63) is 169 Å². The lowest BCUT2D eigenvalue weighted by Crippen LogP contribution is -2.33. The van der Waals surface area contributed by atoms with Gasteiger partial charge in [-0.05, 0) is 92.1 Å². The van der Waals surface area contributed by atoms with Gasteiger partial charge in [-0.15, -0.1) is 0 Å². The Balaban J connectivity index is 1.21. The van der Waals surface area contributed by atoms with Crippen molar-refractivity contribution in [2.45, 2.75) is 51.4 Å². The maximum atomic E-state index is 5.21.